The van der Waals surface area contributed by atoms with Gasteiger partial charge in [0, 0.05) is 29.2 Å². The topological polar surface area (TPSA) is 87.2 Å². The van der Waals surface area contributed by atoms with Crippen molar-refractivity contribution in [1.29, 1.82) is 0 Å². The third-order valence-electron chi connectivity index (χ3n) is 6.92. The number of alkyl halides is 1. The van der Waals surface area contributed by atoms with E-state index in [1.54, 1.807) is 22.7 Å². The maximum Gasteiger partial charge on any atom is 0.310 e. The van der Waals surface area contributed by atoms with Crippen LogP contribution in [-0.2, 0) is 19.1 Å². The predicted molar refractivity (Wildman–Crippen MR) is 133 cm³/mol. The van der Waals surface area contributed by atoms with Crippen LogP contribution >= 0.6 is 27.7 Å². The lowest BCUT2D eigenvalue weighted by atomic mass is 9.71. The number of aliphatic hydroxyl groups excluding tert-OH is 1. The Hall–Kier alpha value is -1.32. The zero-order valence-corrected chi connectivity index (χ0v) is 21.9. The maximum absolute atomic E-state index is 13.8. The van der Waals surface area contributed by atoms with E-state index in [0.29, 0.717) is 19.6 Å². The number of unbranched alkanes of at least 4 members (excludes halogenated alkanes) is 2. The number of aliphatic hydroxyl groups is 1. The Morgan fingerprint density at radius 2 is 2.09 bits per heavy atom. The van der Waals surface area contributed by atoms with Crippen molar-refractivity contribution in [2.75, 3.05) is 26.3 Å². The quantitative estimate of drug-likeness (QED) is 0.176. The van der Waals surface area contributed by atoms with E-state index < -0.39 is 22.6 Å². The zero-order valence-electron chi connectivity index (χ0n) is 19.5. The average Bonchev–Trinajstić information content (AvgIpc) is 3.35. The van der Waals surface area contributed by atoms with Crippen LogP contribution < -0.4 is 0 Å². The molecule has 0 aromatic heterocycles. The van der Waals surface area contributed by atoms with E-state index in [9.17, 15) is 19.5 Å². The van der Waals surface area contributed by atoms with Gasteiger partial charge in [0.2, 0.25) is 11.8 Å². The molecule has 3 saturated heterocycles. The van der Waals surface area contributed by atoms with Crippen LogP contribution in [0, 0.1) is 11.8 Å². The second kappa shape index (κ2) is 11.0. The van der Waals surface area contributed by atoms with Crippen LogP contribution in [0.15, 0.2) is 25.3 Å². The number of rotatable bonds is 12. The fourth-order valence-electron chi connectivity index (χ4n) is 5.54. The molecule has 33 heavy (non-hydrogen) atoms. The molecule has 3 heterocycles. The lowest BCUT2D eigenvalue weighted by Crippen LogP contribution is -2.57. The van der Waals surface area contributed by atoms with Crippen LogP contribution in [0.2, 0.25) is 0 Å². The number of likely N-dealkylation sites (tertiary alicyclic amines) is 1. The van der Waals surface area contributed by atoms with E-state index in [1.165, 1.54) is 4.90 Å². The van der Waals surface area contributed by atoms with Crippen molar-refractivity contribution in [2.24, 2.45) is 11.8 Å². The molecule has 0 radical (unpaired) electrons. The van der Waals surface area contributed by atoms with E-state index >= 15 is 0 Å². The molecule has 3 unspecified atom stereocenters. The number of hydrogen-bond donors (Lipinski definition) is 1. The summed E-state index contributed by atoms with van der Waals surface area (Å²) in [5, 5.41) is 9.56. The molecule has 184 valence electrons. The Morgan fingerprint density at radius 1 is 1.36 bits per heavy atom. The second-order valence-electron chi connectivity index (χ2n) is 9.24. The number of thioether (sulfide) groups is 1. The first kappa shape index (κ1) is 26.3. The molecule has 0 aromatic carbocycles. The molecule has 1 N–H and O–H groups in total. The van der Waals surface area contributed by atoms with Gasteiger partial charge < -0.3 is 19.6 Å². The van der Waals surface area contributed by atoms with Crippen molar-refractivity contribution in [3.63, 3.8) is 0 Å². The molecule has 2 bridgehead atoms. The Kier molecular flexibility index (Phi) is 8.72. The average molecular weight is 544 g/mol. The molecule has 0 aliphatic carbocycles. The Labute approximate surface area is 209 Å². The standard InChI is InChI=1S/C24H35BrN2O5S/c1-5-7-8-9-13-32-23(31)17-18-21(29)27(11-12-28)20(22(30)26(10-6-2)15(3)4)24(18)14-16(25)19(17)33-24/h5-6,15-20,28H,1-2,7-14H2,3-4H3/t16?,17-,18+,19-,20?,24?/m1/s1. The third-order valence-corrected chi connectivity index (χ3v) is 10.1. The van der Waals surface area contributed by atoms with Gasteiger partial charge in [-0.3, -0.25) is 14.4 Å². The van der Waals surface area contributed by atoms with Gasteiger partial charge in [-0.1, -0.05) is 28.1 Å². The van der Waals surface area contributed by atoms with Crippen molar-refractivity contribution < 1.29 is 24.2 Å². The number of nitrogens with zero attached hydrogens (tertiary/aromatic N) is 2. The molecule has 7 nitrogen and oxygen atoms in total. The fourth-order valence-corrected chi connectivity index (χ4v) is 9.13. The molecule has 0 saturated carbocycles. The first-order valence-electron chi connectivity index (χ1n) is 11.7. The second-order valence-corrected chi connectivity index (χ2v) is 12.0. The molecule has 0 aromatic rings. The summed E-state index contributed by atoms with van der Waals surface area (Å²) in [6, 6.07) is -0.804. The zero-order chi connectivity index (χ0) is 24.3. The van der Waals surface area contributed by atoms with Gasteiger partial charge in [0.25, 0.3) is 0 Å². The van der Waals surface area contributed by atoms with E-state index in [0.717, 1.165) is 19.3 Å². The largest absolute Gasteiger partial charge is 0.465 e. The van der Waals surface area contributed by atoms with Crippen LogP contribution in [0.3, 0.4) is 0 Å². The van der Waals surface area contributed by atoms with Crippen LogP contribution in [0.4, 0.5) is 0 Å². The number of hydrogen-bond acceptors (Lipinski definition) is 6. The summed E-state index contributed by atoms with van der Waals surface area (Å²) < 4.78 is 4.89. The minimum atomic E-state index is -0.732. The van der Waals surface area contributed by atoms with Crippen molar-refractivity contribution in [3.8, 4) is 0 Å². The molecule has 3 fully saturated rings. The number of halogens is 1. The number of allylic oxidation sites excluding steroid dienone is 1. The van der Waals surface area contributed by atoms with Gasteiger partial charge in [-0.05, 0) is 39.5 Å². The Morgan fingerprint density at radius 3 is 2.70 bits per heavy atom. The smallest absolute Gasteiger partial charge is 0.310 e. The molecular weight excluding hydrogens is 508 g/mol. The van der Waals surface area contributed by atoms with E-state index in [2.05, 4.69) is 29.1 Å². The molecule has 3 aliphatic heterocycles. The maximum atomic E-state index is 13.8. The minimum absolute atomic E-state index is 0.00106. The van der Waals surface area contributed by atoms with E-state index in [1.807, 2.05) is 19.9 Å². The summed E-state index contributed by atoms with van der Waals surface area (Å²) in [5.41, 5.74) is 0. The highest BCUT2D eigenvalue weighted by Gasteiger charge is 2.76. The van der Waals surface area contributed by atoms with Gasteiger partial charge in [0.15, 0.2) is 0 Å². The highest BCUT2D eigenvalue weighted by molar-refractivity contribution is 9.09. The highest BCUT2D eigenvalue weighted by atomic mass is 79.9. The number of amides is 2. The summed E-state index contributed by atoms with van der Waals surface area (Å²) in [6.07, 6.45) is 6.63. The number of carbonyl (C=O) groups excluding carboxylic acids is 3. The van der Waals surface area contributed by atoms with Gasteiger partial charge in [-0.2, -0.15) is 0 Å². The Balaban J connectivity index is 1.91. The van der Waals surface area contributed by atoms with Crippen LogP contribution in [0.25, 0.3) is 0 Å². The lowest BCUT2D eigenvalue weighted by molar-refractivity contribution is -0.154. The van der Waals surface area contributed by atoms with Crippen molar-refractivity contribution >= 4 is 45.5 Å². The predicted octanol–water partition coefficient (Wildman–Crippen LogP) is 2.77. The summed E-state index contributed by atoms with van der Waals surface area (Å²) >= 11 is 5.31. The molecule has 9 heteroatoms. The number of carbonyl (C=O) groups is 3. The number of ether oxygens (including phenoxy) is 1. The fraction of sp³-hybridized carbons (Fsp3) is 0.708. The van der Waals surface area contributed by atoms with Gasteiger partial charge in [-0.25, -0.2) is 0 Å². The van der Waals surface area contributed by atoms with Gasteiger partial charge in [0.05, 0.1) is 29.8 Å². The third kappa shape index (κ3) is 4.65. The summed E-state index contributed by atoms with van der Waals surface area (Å²) in [4.78, 5) is 43.9. The van der Waals surface area contributed by atoms with Crippen LogP contribution in [0.1, 0.15) is 39.5 Å². The van der Waals surface area contributed by atoms with Gasteiger partial charge >= 0.3 is 5.97 Å². The summed E-state index contributed by atoms with van der Waals surface area (Å²) in [6.45, 7) is 11.8. The number of fused-ring (bicyclic) bond motifs is 1. The van der Waals surface area contributed by atoms with Crippen molar-refractivity contribution in [1.82, 2.24) is 9.80 Å². The molecular formula is C24H35BrN2O5S. The van der Waals surface area contributed by atoms with Gasteiger partial charge in [0.1, 0.15) is 6.04 Å². The Bertz CT molecular complexity index is 793. The summed E-state index contributed by atoms with van der Waals surface area (Å²) in [7, 11) is 0. The summed E-state index contributed by atoms with van der Waals surface area (Å²) in [5.74, 6) is -1.97. The van der Waals surface area contributed by atoms with Crippen LogP contribution in [0.5, 0.6) is 0 Å². The number of esters is 1. The molecule has 2 amide bonds. The minimum Gasteiger partial charge on any atom is -0.465 e. The highest BCUT2D eigenvalue weighted by Crippen LogP contribution is 2.68. The van der Waals surface area contributed by atoms with E-state index in [4.69, 9.17) is 4.74 Å². The van der Waals surface area contributed by atoms with Gasteiger partial charge in [-0.15, -0.1) is 24.9 Å². The normalized spacial score (nSPS) is 32.2. The molecule has 1 spiro atoms. The number of β-amino-alcohol motifs (C(OH)–C–C–N with tert-alkyl or cyclic N) is 1. The monoisotopic (exact) mass is 542 g/mol. The van der Waals surface area contributed by atoms with E-state index in [-0.39, 0.29) is 47.1 Å². The SMILES string of the molecule is C=CCCCCOC(=O)[C@H]1[C@@H]2SC3(CC2Br)C(C(=O)N(CC=C)C(C)C)N(CCO)C(=O)[C@H]13. The molecule has 3 rings (SSSR count). The van der Waals surface area contributed by atoms with Crippen molar-refractivity contribution in [2.45, 2.75) is 66.4 Å². The first-order chi connectivity index (χ1) is 15.7. The van der Waals surface area contributed by atoms with Crippen LogP contribution in [-0.4, -0.2) is 85.9 Å². The first-order valence-corrected chi connectivity index (χ1v) is 13.5. The van der Waals surface area contributed by atoms with Crippen molar-refractivity contribution in [3.05, 3.63) is 25.3 Å². The lowest BCUT2D eigenvalue weighted by Gasteiger charge is -2.38. The molecule has 6 atom stereocenters. The molecule has 3 aliphatic rings.